The molecule has 0 saturated carbocycles. The zero-order valence-corrected chi connectivity index (χ0v) is 15.3. The van der Waals surface area contributed by atoms with Gasteiger partial charge in [0.05, 0.1) is 22.0 Å². The molecule has 0 radical (unpaired) electrons. The highest BCUT2D eigenvalue weighted by Crippen LogP contribution is 2.26. The maximum Gasteiger partial charge on any atom is 0.248 e. The third kappa shape index (κ3) is 3.67. The number of aryl methyl sites for hydroxylation is 2. The van der Waals surface area contributed by atoms with Crippen molar-refractivity contribution in [1.29, 1.82) is 0 Å². The van der Waals surface area contributed by atoms with Crippen molar-refractivity contribution < 1.29 is 13.2 Å². The Labute approximate surface area is 143 Å². The second-order valence-corrected chi connectivity index (χ2v) is 7.84. The summed E-state index contributed by atoms with van der Waals surface area (Å²) in [6, 6.07) is 8.53. The van der Waals surface area contributed by atoms with Gasteiger partial charge in [-0.15, -0.1) is 0 Å². The van der Waals surface area contributed by atoms with Crippen molar-refractivity contribution in [1.82, 2.24) is 9.78 Å². The number of carbonyl (C=O) groups is 1. The Morgan fingerprint density at radius 3 is 2.42 bits per heavy atom. The van der Waals surface area contributed by atoms with Crippen molar-refractivity contribution in [3.05, 3.63) is 41.7 Å². The van der Waals surface area contributed by atoms with Gasteiger partial charge in [0.1, 0.15) is 6.54 Å². The lowest BCUT2D eigenvalue weighted by Crippen LogP contribution is -2.35. The zero-order valence-electron chi connectivity index (χ0n) is 14.5. The fourth-order valence-corrected chi connectivity index (χ4v) is 3.72. The molecule has 1 heterocycles. The van der Waals surface area contributed by atoms with Gasteiger partial charge in [-0.2, -0.15) is 5.10 Å². The number of hydrogen-bond donors (Lipinski definition) is 0. The van der Waals surface area contributed by atoms with Crippen LogP contribution in [0, 0.1) is 13.8 Å². The van der Waals surface area contributed by atoms with Crippen LogP contribution in [0.1, 0.15) is 25.2 Å². The van der Waals surface area contributed by atoms with Crippen molar-refractivity contribution >= 4 is 21.4 Å². The molecule has 2 rings (SSSR count). The number of para-hydroxylation sites is 1. The van der Waals surface area contributed by atoms with Crippen molar-refractivity contribution in [2.24, 2.45) is 0 Å². The smallest absolute Gasteiger partial charge is 0.248 e. The van der Waals surface area contributed by atoms with Crippen LogP contribution in [0.25, 0.3) is 0 Å². The summed E-state index contributed by atoms with van der Waals surface area (Å²) in [5, 5.41) is 4.30. The number of aromatic nitrogens is 2. The monoisotopic (exact) mass is 349 g/mol. The number of nitrogens with zero attached hydrogens (tertiary/aromatic N) is 3. The minimum absolute atomic E-state index is 0.00673. The number of benzene rings is 1. The summed E-state index contributed by atoms with van der Waals surface area (Å²) in [5.74, 6) is -0.199. The van der Waals surface area contributed by atoms with E-state index in [-0.39, 0.29) is 23.1 Å². The SMILES string of the molecule is CCN(C(=O)Cn1nc(C)cc1C)c1ccccc1S(=O)(=O)CC. The predicted octanol–water partition coefficient (Wildman–Crippen LogP) is 2.35. The highest BCUT2D eigenvalue weighted by Gasteiger charge is 2.23. The second kappa shape index (κ2) is 7.17. The number of amides is 1. The van der Waals surface area contributed by atoms with Gasteiger partial charge in [-0.05, 0) is 39.0 Å². The van der Waals surface area contributed by atoms with Gasteiger partial charge in [0, 0.05) is 12.2 Å². The summed E-state index contributed by atoms with van der Waals surface area (Å²) in [4.78, 5) is 14.4. The molecule has 0 saturated heterocycles. The van der Waals surface area contributed by atoms with Crippen LogP contribution in [0.2, 0.25) is 0 Å². The van der Waals surface area contributed by atoms with Crippen LogP contribution in [0.4, 0.5) is 5.69 Å². The largest absolute Gasteiger partial charge is 0.310 e. The lowest BCUT2D eigenvalue weighted by molar-refractivity contribution is -0.119. The molecule has 130 valence electrons. The van der Waals surface area contributed by atoms with Crippen LogP contribution in [0.15, 0.2) is 35.2 Å². The maximum atomic E-state index is 12.7. The average molecular weight is 349 g/mol. The lowest BCUT2D eigenvalue weighted by Gasteiger charge is -2.24. The fraction of sp³-hybridized carbons (Fsp3) is 0.412. The second-order valence-electron chi connectivity index (χ2n) is 5.59. The van der Waals surface area contributed by atoms with E-state index >= 15 is 0 Å². The predicted molar refractivity (Wildman–Crippen MR) is 93.9 cm³/mol. The summed E-state index contributed by atoms with van der Waals surface area (Å²) in [7, 11) is -3.41. The quantitative estimate of drug-likeness (QED) is 0.802. The molecular weight excluding hydrogens is 326 g/mol. The van der Waals surface area contributed by atoms with Crippen LogP contribution in [0.5, 0.6) is 0 Å². The van der Waals surface area contributed by atoms with Gasteiger partial charge in [-0.25, -0.2) is 8.42 Å². The van der Waals surface area contributed by atoms with Crippen molar-refractivity contribution in [3.63, 3.8) is 0 Å². The van der Waals surface area contributed by atoms with Gasteiger partial charge in [0.2, 0.25) is 5.91 Å². The number of sulfone groups is 1. The van der Waals surface area contributed by atoms with E-state index in [2.05, 4.69) is 5.10 Å². The molecule has 7 heteroatoms. The molecule has 1 amide bonds. The van der Waals surface area contributed by atoms with Crippen LogP contribution < -0.4 is 4.90 Å². The average Bonchev–Trinajstić information content (AvgIpc) is 2.86. The summed E-state index contributed by atoms with van der Waals surface area (Å²) in [5.41, 5.74) is 2.16. The van der Waals surface area contributed by atoms with Gasteiger partial charge in [0.25, 0.3) is 0 Å². The maximum absolute atomic E-state index is 12.7. The first-order chi connectivity index (χ1) is 11.3. The Morgan fingerprint density at radius 2 is 1.88 bits per heavy atom. The molecule has 0 aliphatic heterocycles. The van der Waals surface area contributed by atoms with E-state index in [9.17, 15) is 13.2 Å². The molecule has 0 unspecified atom stereocenters. The molecule has 0 aliphatic rings. The lowest BCUT2D eigenvalue weighted by atomic mass is 10.2. The molecule has 24 heavy (non-hydrogen) atoms. The normalized spacial score (nSPS) is 11.5. The highest BCUT2D eigenvalue weighted by molar-refractivity contribution is 7.91. The Balaban J connectivity index is 2.39. The molecule has 0 N–H and O–H groups in total. The van der Waals surface area contributed by atoms with E-state index in [4.69, 9.17) is 0 Å². The molecule has 0 fully saturated rings. The molecule has 0 spiro atoms. The minimum Gasteiger partial charge on any atom is -0.310 e. The van der Waals surface area contributed by atoms with Crippen LogP contribution >= 0.6 is 0 Å². The van der Waals surface area contributed by atoms with Crippen molar-refractivity contribution in [2.75, 3.05) is 17.2 Å². The number of anilines is 1. The molecule has 1 aromatic carbocycles. The van der Waals surface area contributed by atoms with Gasteiger partial charge in [-0.1, -0.05) is 19.1 Å². The zero-order chi connectivity index (χ0) is 17.9. The van der Waals surface area contributed by atoms with E-state index in [0.717, 1.165) is 11.4 Å². The highest BCUT2D eigenvalue weighted by atomic mass is 32.2. The Hall–Kier alpha value is -2.15. The number of rotatable bonds is 6. The van der Waals surface area contributed by atoms with Crippen molar-refractivity contribution in [2.45, 2.75) is 39.1 Å². The third-order valence-electron chi connectivity index (χ3n) is 3.88. The Morgan fingerprint density at radius 1 is 1.21 bits per heavy atom. The number of hydrogen-bond acceptors (Lipinski definition) is 4. The topological polar surface area (TPSA) is 72.3 Å². The Kier molecular flexibility index (Phi) is 5.43. The number of carbonyl (C=O) groups excluding carboxylic acids is 1. The van der Waals surface area contributed by atoms with E-state index < -0.39 is 9.84 Å². The fourth-order valence-electron chi connectivity index (χ4n) is 2.63. The first-order valence-electron chi connectivity index (χ1n) is 7.93. The first-order valence-corrected chi connectivity index (χ1v) is 9.58. The molecule has 1 aromatic heterocycles. The van der Waals surface area contributed by atoms with E-state index in [1.54, 1.807) is 35.9 Å². The van der Waals surface area contributed by atoms with Crippen LogP contribution in [-0.2, 0) is 21.2 Å². The Bertz CT molecular complexity index is 841. The van der Waals surface area contributed by atoms with Crippen LogP contribution in [-0.4, -0.2) is 36.4 Å². The number of likely N-dealkylation sites (N-methyl/N-ethyl adjacent to an activating group) is 1. The van der Waals surface area contributed by atoms with Gasteiger partial charge in [0.15, 0.2) is 9.84 Å². The third-order valence-corrected chi connectivity index (χ3v) is 5.65. The van der Waals surface area contributed by atoms with Crippen molar-refractivity contribution in [3.8, 4) is 0 Å². The van der Waals surface area contributed by atoms with Gasteiger partial charge in [-0.3, -0.25) is 9.48 Å². The minimum atomic E-state index is -3.41. The van der Waals surface area contributed by atoms with Crippen LogP contribution in [0.3, 0.4) is 0 Å². The summed E-state index contributed by atoms with van der Waals surface area (Å²) < 4.78 is 26.3. The molecular formula is C17H23N3O3S. The summed E-state index contributed by atoms with van der Waals surface area (Å²) >= 11 is 0. The molecule has 0 bridgehead atoms. The van der Waals surface area contributed by atoms with E-state index in [0.29, 0.717) is 12.2 Å². The molecule has 0 aliphatic carbocycles. The molecule has 0 atom stereocenters. The van der Waals surface area contributed by atoms with Gasteiger partial charge >= 0.3 is 0 Å². The molecule has 6 nitrogen and oxygen atoms in total. The first kappa shape index (κ1) is 18.2. The standard InChI is InChI=1S/C17H23N3O3S/c1-5-19(17(21)12-20-14(4)11-13(3)18-20)15-9-7-8-10-16(15)24(22,23)6-2/h7-11H,5-6,12H2,1-4H3. The van der Waals surface area contributed by atoms with Gasteiger partial charge < -0.3 is 4.90 Å². The summed E-state index contributed by atoms with van der Waals surface area (Å²) in [6.07, 6.45) is 0. The summed E-state index contributed by atoms with van der Waals surface area (Å²) in [6.45, 7) is 7.64. The molecule has 2 aromatic rings. The van der Waals surface area contributed by atoms with E-state index in [1.807, 2.05) is 26.8 Å². The van der Waals surface area contributed by atoms with E-state index in [1.165, 1.54) is 4.90 Å².